The molecular weight excluding hydrogens is 827 g/mol. The highest BCUT2D eigenvalue weighted by atomic mass is 16.7. The van der Waals surface area contributed by atoms with E-state index in [1.54, 1.807) is 0 Å². The first kappa shape index (κ1) is 53.4. The van der Waals surface area contributed by atoms with Crippen LogP contribution in [0.5, 0.6) is 0 Å². The zero-order chi connectivity index (χ0) is 47.4. The monoisotopic (exact) mass is 912 g/mol. The molecule has 4 fully saturated rings. The normalized spacial score (nSPS) is 47.3. The zero-order valence-electron chi connectivity index (χ0n) is 40.4. The number of rotatable bonds is 6. The van der Waals surface area contributed by atoms with Crippen molar-refractivity contribution < 1.29 is 69.0 Å². The summed E-state index contributed by atoms with van der Waals surface area (Å²) in [6.07, 6.45) is 4.66. The van der Waals surface area contributed by atoms with E-state index in [-0.39, 0.29) is 43.4 Å². The van der Waals surface area contributed by atoms with E-state index >= 15 is 0 Å². The summed E-state index contributed by atoms with van der Waals surface area (Å²) in [6, 6.07) is 0.128. The lowest BCUT2D eigenvalue weighted by Gasteiger charge is -2.51. The van der Waals surface area contributed by atoms with Crippen LogP contribution in [0.3, 0.4) is 0 Å². The Morgan fingerprint density at radius 2 is 1.58 bits per heavy atom. The van der Waals surface area contributed by atoms with Crippen molar-refractivity contribution in [2.75, 3.05) is 14.1 Å². The fourth-order valence-electron chi connectivity index (χ4n) is 10.9. The summed E-state index contributed by atoms with van der Waals surface area (Å²) in [7, 11) is 3.94. The number of carbonyl (C=O) groups excluding carboxylic acids is 1. The van der Waals surface area contributed by atoms with Gasteiger partial charge < -0.3 is 69.1 Å². The smallest absolute Gasteiger partial charge is 0.330 e. The second-order valence-electron chi connectivity index (χ2n) is 21.4. The largest absolute Gasteiger partial charge is 0.459 e. The van der Waals surface area contributed by atoms with Gasteiger partial charge in [-0.25, -0.2) is 4.79 Å². The highest BCUT2D eigenvalue weighted by molar-refractivity contribution is 5.82. The molecule has 15 nitrogen and oxygen atoms in total. The van der Waals surface area contributed by atoms with E-state index in [4.69, 9.17) is 28.4 Å². The van der Waals surface area contributed by atoms with Crippen LogP contribution in [0.15, 0.2) is 24.3 Å². The van der Waals surface area contributed by atoms with Gasteiger partial charge in [0.25, 0.3) is 0 Å². The second kappa shape index (κ2) is 21.8. The summed E-state index contributed by atoms with van der Waals surface area (Å²) in [4.78, 5) is 15.8. The number of hydrogen-bond donors (Lipinski definition) is 7. The van der Waals surface area contributed by atoms with Gasteiger partial charge in [-0.1, -0.05) is 45.8 Å². The molecule has 64 heavy (non-hydrogen) atoms. The predicted molar refractivity (Wildman–Crippen MR) is 239 cm³/mol. The molecule has 0 radical (unpaired) electrons. The SMILES string of the molecule is CCC(O)CC1CCCC2(CC3OC(=O)/C=C/C(C)(O)C(O)C(C)C(O)C(OC4CCC(N(C)C)C(C)O4)C(O)C(C)(O)CCCCC/C=C/C4CC(C)(C)OC4(O)CC(O2)C3C)O1. The zero-order valence-corrected chi connectivity index (χ0v) is 40.4. The number of aliphatic hydroxyl groups excluding tert-OH is 4. The van der Waals surface area contributed by atoms with Gasteiger partial charge in [-0.2, -0.15) is 0 Å². The number of carbonyl (C=O) groups is 1. The Labute approximate surface area is 382 Å². The highest BCUT2D eigenvalue weighted by Gasteiger charge is 2.56. The first-order chi connectivity index (χ1) is 29.8. The van der Waals surface area contributed by atoms with Gasteiger partial charge in [0.15, 0.2) is 17.9 Å². The molecule has 0 amide bonds. The Kier molecular flexibility index (Phi) is 18.2. The molecule has 15 heteroatoms. The molecule has 0 aromatic heterocycles. The van der Waals surface area contributed by atoms with Crippen LogP contribution in [0, 0.1) is 17.8 Å². The number of allylic oxidation sites excluding steroid dienone is 1. The molecule has 5 rings (SSSR count). The van der Waals surface area contributed by atoms with Crippen LogP contribution in [0.2, 0.25) is 0 Å². The molecule has 1 spiro atoms. The van der Waals surface area contributed by atoms with E-state index in [1.807, 2.05) is 54.8 Å². The van der Waals surface area contributed by atoms with Crippen LogP contribution in [-0.4, -0.2) is 156 Å². The minimum atomic E-state index is -2.08. The van der Waals surface area contributed by atoms with Crippen molar-refractivity contribution in [1.29, 1.82) is 0 Å². The van der Waals surface area contributed by atoms with E-state index in [0.29, 0.717) is 44.9 Å². The number of fused-ring (bicyclic) bond motifs is 3. The van der Waals surface area contributed by atoms with E-state index in [2.05, 4.69) is 11.0 Å². The summed E-state index contributed by atoms with van der Waals surface area (Å²) >= 11 is 0. The van der Waals surface area contributed by atoms with Crippen LogP contribution < -0.4 is 0 Å². The van der Waals surface area contributed by atoms with Crippen LogP contribution in [0.1, 0.15) is 152 Å². The van der Waals surface area contributed by atoms with Crippen molar-refractivity contribution in [1.82, 2.24) is 4.90 Å². The maximum absolute atomic E-state index is 13.8. The molecular formula is C49H85NO14. The first-order valence-corrected chi connectivity index (χ1v) is 24.3. The lowest BCUT2D eigenvalue weighted by atomic mass is 9.79. The van der Waals surface area contributed by atoms with E-state index in [0.717, 1.165) is 44.3 Å². The van der Waals surface area contributed by atoms with Crippen LogP contribution in [-0.2, 0) is 33.2 Å². The maximum Gasteiger partial charge on any atom is 0.330 e. The van der Waals surface area contributed by atoms with Gasteiger partial charge in [0.1, 0.15) is 23.9 Å². The number of esters is 1. The Balaban J connectivity index is 1.45. The van der Waals surface area contributed by atoms with Crippen molar-refractivity contribution >= 4 is 5.97 Å². The minimum Gasteiger partial charge on any atom is -0.459 e. The van der Waals surface area contributed by atoms with Gasteiger partial charge >= 0.3 is 5.97 Å². The van der Waals surface area contributed by atoms with Crippen LogP contribution >= 0.6 is 0 Å². The summed E-state index contributed by atoms with van der Waals surface area (Å²) in [5.74, 6) is -5.49. The van der Waals surface area contributed by atoms with Gasteiger partial charge in [-0.05, 0) is 119 Å². The molecule has 5 heterocycles. The highest BCUT2D eigenvalue weighted by Crippen LogP contribution is 2.49. The van der Waals surface area contributed by atoms with Gasteiger partial charge in [0.2, 0.25) is 0 Å². The maximum atomic E-state index is 13.8. The van der Waals surface area contributed by atoms with E-state index in [1.165, 1.54) is 20.8 Å². The summed E-state index contributed by atoms with van der Waals surface area (Å²) in [6.45, 7) is 14.0. The van der Waals surface area contributed by atoms with Crippen molar-refractivity contribution in [3.63, 3.8) is 0 Å². The first-order valence-electron chi connectivity index (χ1n) is 24.3. The van der Waals surface area contributed by atoms with Crippen molar-refractivity contribution in [2.45, 2.75) is 247 Å². The molecule has 2 bridgehead atoms. The average molecular weight is 912 g/mol. The van der Waals surface area contributed by atoms with E-state index < -0.39 is 95.2 Å². The summed E-state index contributed by atoms with van der Waals surface area (Å²) in [5.41, 5.74) is -4.43. The third-order valence-corrected chi connectivity index (χ3v) is 15.0. The second-order valence-corrected chi connectivity index (χ2v) is 21.4. The van der Waals surface area contributed by atoms with Crippen molar-refractivity contribution in [3.05, 3.63) is 24.3 Å². The molecule has 5 aliphatic heterocycles. The number of ether oxygens (including phenoxy) is 6. The van der Waals surface area contributed by atoms with Gasteiger partial charge in [-0.15, -0.1) is 0 Å². The fraction of sp³-hybridized carbons (Fsp3) is 0.898. The van der Waals surface area contributed by atoms with Crippen molar-refractivity contribution in [2.24, 2.45) is 17.8 Å². The third-order valence-electron chi connectivity index (χ3n) is 15.0. The Morgan fingerprint density at radius 1 is 0.859 bits per heavy atom. The molecule has 7 N–H and O–H groups in total. The van der Waals surface area contributed by atoms with Gasteiger partial charge in [0.05, 0.1) is 47.8 Å². The molecule has 4 saturated heterocycles. The molecule has 5 aliphatic rings. The molecule has 0 aliphatic carbocycles. The molecule has 18 atom stereocenters. The summed E-state index contributed by atoms with van der Waals surface area (Å²) < 4.78 is 38.7. The fourth-order valence-corrected chi connectivity index (χ4v) is 10.9. The van der Waals surface area contributed by atoms with Crippen molar-refractivity contribution in [3.8, 4) is 0 Å². The molecule has 18 unspecified atom stereocenters. The Bertz CT molecular complexity index is 1550. The van der Waals surface area contributed by atoms with E-state index in [9.17, 15) is 40.5 Å². The molecule has 370 valence electrons. The quantitative estimate of drug-likeness (QED) is 0.141. The molecule has 0 aromatic carbocycles. The minimum absolute atomic E-state index is 0.0790. The van der Waals surface area contributed by atoms with Gasteiger partial charge in [0, 0.05) is 49.1 Å². The Hall–Kier alpha value is -1.57. The average Bonchev–Trinajstić information content (AvgIpc) is 3.45. The standard InChI is InChI=1S/C49H85NO14/c1-11-34(51)26-35-19-17-24-48(62-35)28-37-30(2)38(63-48)29-49(58)33(27-45(5,6)64-49)18-15-13-12-14-16-23-46(7,56)44(55)42(61-40-21-20-36(50(9)10)32(4)59-40)41(53)31(3)43(54)47(8,57)25-22-39(52)60-37/h15,18,22,25,30-38,40-44,51,53-58H,11-14,16-17,19-21,23-24,26-29H2,1-10H3/b18-15+,25-22+. The topological polar surface area (TPSA) is 217 Å². The molecule has 0 saturated carbocycles. The Morgan fingerprint density at radius 3 is 2.25 bits per heavy atom. The lowest BCUT2D eigenvalue weighted by Crippen LogP contribution is -2.58. The molecule has 0 aromatic rings. The van der Waals surface area contributed by atoms with Gasteiger partial charge in [-0.3, -0.25) is 0 Å². The van der Waals surface area contributed by atoms with Crippen LogP contribution in [0.4, 0.5) is 0 Å². The number of aliphatic hydroxyl groups is 7. The van der Waals surface area contributed by atoms with Crippen LogP contribution in [0.25, 0.3) is 0 Å². The summed E-state index contributed by atoms with van der Waals surface area (Å²) in [5, 5.41) is 81.8. The third kappa shape index (κ3) is 13.4. The number of hydrogen-bond acceptors (Lipinski definition) is 15. The predicted octanol–water partition coefficient (Wildman–Crippen LogP) is 4.78. The number of likely N-dealkylation sites (N-methyl/N-ethyl adjacent to an activating group) is 1. The lowest BCUT2D eigenvalue weighted by molar-refractivity contribution is -0.352. The number of nitrogens with zero attached hydrogens (tertiary/aromatic N) is 1.